The standard InChI is InChI=1S/C15H21ClFN3O.HI/c1-18-14(19-10-15(21)7-4-8-15)20(2)9-11-12(16)5-3-6-13(11)17;/h3,5-6,21H,4,7-10H2,1-2H3,(H,18,19);1H. The number of halogens is 3. The molecule has 0 saturated heterocycles. The van der Waals surface area contributed by atoms with E-state index in [2.05, 4.69) is 10.3 Å². The smallest absolute Gasteiger partial charge is 0.193 e. The summed E-state index contributed by atoms with van der Waals surface area (Å²) >= 11 is 6.04. The maximum atomic E-state index is 13.8. The Morgan fingerprint density at radius 2 is 2.18 bits per heavy atom. The van der Waals surface area contributed by atoms with Crippen molar-refractivity contribution in [2.75, 3.05) is 20.6 Å². The van der Waals surface area contributed by atoms with Crippen molar-refractivity contribution in [3.05, 3.63) is 34.6 Å². The highest BCUT2D eigenvalue weighted by Crippen LogP contribution is 2.30. The third-order valence-corrected chi connectivity index (χ3v) is 4.24. The molecule has 1 aromatic carbocycles. The summed E-state index contributed by atoms with van der Waals surface area (Å²) < 4.78 is 13.8. The molecule has 0 aromatic heterocycles. The van der Waals surface area contributed by atoms with Crippen molar-refractivity contribution in [2.45, 2.75) is 31.4 Å². The molecule has 0 amide bonds. The molecule has 4 nitrogen and oxygen atoms in total. The van der Waals surface area contributed by atoms with Gasteiger partial charge in [-0.3, -0.25) is 4.99 Å². The summed E-state index contributed by atoms with van der Waals surface area (Å²) in [5.74, 6) is 0.275. The lowest BCUT2D eigenvalue weighted by Crippen LogP contribution is -2.50. The Kier molecular flexibility index (Phi) is 7.34. The van der Waals surface area contributed by atoms with Gasteiger partial charge in [-0.2, -0.15) is 0 Å². The van der Waals surface area contributed by atoms with Crippen LogP contribution in [0.1, 0.15) is 24.8 Å². The molecular formula is C15H22ClFIN3O. The van der Waals surface area contributed by atoms with Crippen LogP contribution in [0.5, 0.6) is 0 Å². The quantitative estimate of drug-likeness (QED) is 0.429. The van der Waals surface area contributed by atoms with Gasteiger partial charge in [0.15, 0.2) is 5.96 Å². The molecule has 0 radical (unpaired) electrons. The molecule has 0 heterocycles. The van der Waals surface area contributed by atoms with Crippen LogP contribution >= 0.6 is 35.6 Å². The van der Waals surface area contributed by atoms with Crippen LogP contribution in [0.25, 0.3) is 0 Å². The molecule has 1 fully saturated rings. The van der Waals surface area contributed by atoms with Crippen molar-refractivity contribution in [1.82, 2.24) is 10.2 Å². The fraction of sp³-hybridized carbons (Fsp3) is 0.533. The monoisotopic (exact) mass is 441 g/mol. The first-order valence-electron chi connectivity index (χ1n) is 7.02. The van der Waals surface area contributed by atoms with Crippen LogP contribution in [-0.2, 0) is 6.54 Å². The summed E-state index contributed by atoms with van der Waals surface area (Å²) in [6, 6.07) is 4.64. The highest BCUT2D eigenvalue weighted by molar-refractivity contribution is 14.0. The van der Waals surface area contributed by atoms with E-state index >= 15 is 0 Å². The Morgan fingerprint density at radius 1 is 1.50 bits per heavy atom. The minimum atomic E-state index is -0.633. The van der Waals surface area contributed by atoms with E-state index in [4.69, 9.17) is 11.6 Å². The average molecular weight is 442 g/mol. The van der Waals surface area contributed by atoms with E-state index in [1.807, 2.05) is 7.05 Å². The molecule has 0 spiro atoms. The molecule has 22 heavy (non-hydrogen) atoms. The maximum absolute atomic E-state index is 13.8. The van der Waals surface area contributed by atoms with Crippen LogP contribution in [0.2, 0.25) is 5.02 Å². The molecule has 0 unspecified atom stereocenters. The predicted octanol–water partition coefficient (Wildman–Crippen LogP) is 3.02. The van der Waals surface area contributed by atoms with E-state index < -0.39 is 5.60 Å². The maximum Gasteiger partial charge on any atom is 0.193 e. The molecule has 1 saturated carbocycles. The lowest BCUT2D eigenvalue weighted by molar-refractivity contribution is -0.0282. The number of nitrogens with one attached hydrogen (secondary N) is 1. The number of benzene rings is 1. The predicted molar refractivity (Wildman–Crippen MR) is 98.5 cm³/mol. The fourth-order valence-corrected chi connectivity index (χ4v) is 2.61. The number of hydrogen-bond donors (Lipinski definition) is 2. The molecule has 0 bridgehead atoms. The van der Waals surface area contributed by atoms with Crippen LogP contribution in [-0.4, -0.2) is 42.2 Å². The number of aliphatic hydroxyl groups is 1. The summed E-state index contributed by atoms with van der Waals surface area (Å²) in [6.07, 6.45) is 2.66. The second-order valence-electron chi connectivity index (χ2n) is 5.53. The van der Waals surface area contributed by atoms with E-state index in [1.165, 1.54) is 6.07 Å². The minimum Gasteiger partial charge on any atom is -0.388 e. The van der Waals surface area contributed by atoms with Gasteiger partial charge in [-0.15, -0.1) is 24.0 Å². The molecular weight excluding hydrogens is 420 g/mol. The lowest BCUT2D eigenvalue weighted by atomic mass is 9.80. The van der Waals surface area contributed by atoms with E-state index in [0.29, 0.717) is 29.6 Å². The number of guanidine groups is 1. The second kappa shape index (κ2) is 8.31. The van der Waals surface area contributed by atoms with Gasteiger partial charge in [0.1, 0.15) is 5.82 Å². The molecule has 0 aliphatic heterocycles. The van der Waals surface area contributed by atoms with Gasteiger partial charge < -0.3 is 15.3 Å². The van der Waals surface area contributed by atoms with Crippen LogP contribution in [0.4, 0.5) is 4.39 Å². The van der Waals surface area contributed by atoms with Crippen molar-refractivity contribution in [3.8, 4) is 0 Å². The largest absolute Gasteiger partial charge is 0.388 e. The zero-order valence-electron chi connectivity index (χ0n) is 12.8. The molecule has 1 aliphatic carbocycles. The van der Waals surface area contributed by atoms with E-state index in [9.17, 15) is 9.50 Å². The normalized spacial score (nSPS) is 16.5. The lowest BCUT2D eigenvalue weighted by Gasteiger charge is -2.37. The number of hydrogen-bond acceptors (Lipinski definition) is 2. The first kappa shape index (κ1) is 19.4. The van der Waals surface area contributed by atoms with Crippen LogP contribution in [0.3, 0.4) is 0 Å². The van der Waals surface area contributed by atoms with E-state index in [-0.39, 0.29) is 29.8 Å². The van der Waals surface area contributed by atoms with Crippen LogP contribution in [0.15, 0.2) is 23.2 Å². The van der Waals surface area contributed by atoms with Gasteiger partial charge in [-0.25, -0.2) is 4.39 Å². The molecule has 124 valence electrons. The topological polar surface area (TPSA) is 47.9 Å². The van der Waals surface area contributed by atoms with Gasteiger partial charge in [0.05, 0.1) is 5.60 Å². The van der Waals surface area contributed by atoms with Gasteiger partial charge in [0.2, 0.25) is 0 Å². The molecule has 2 N–H and O–H groups in total. The molecule has 2 rings (SSSR count). The van der Waals surface area contributed by atoms with Crippen molar-refractivity contribution in [2.24, 2.45) is 4.99 Å². The van der Waals surface area contributed by atoms with Gasteiger partial charge in [-0.1, -0.05) is 17.7 Å². The molecule has 0 atom stereocenters. The Balaban J connectivity index is 0.00000242. The number of rotatable bonds is 4. The second-order valence-corrected chi connectivity index (χ2v) is 5.94. The van der Waals surface area contributed by atoms with Crippen molar-refractivity contribution >= 4 is 41.5 Å². The first-order valence-corrected chi connectivity index (χ1v) is 7.40. The number of nitrogens with zero attached hydrogens (tertiary/aromatic N) is 2. The van der Waals surface area contributed by atoms with E-state index in [0.717, 1.165) is 19.3 Å². The van der Waals surface area contributed by atoms with Crippen LogP contribution < -0.4 is 5.32 Å². The molecule has 7 heteroatoms. The molecule has 1 aromatic rings. The Labute approximate surface area is 152 Å². The summed E-state index contributed by atoms with van der Waals surface area (Å²) in [4.78, 5) is 5.94. The fourth-order valence-electron chi connectivity index (χ4n) is 2.39. The van der Waals surface area contributed by atoms with Gasteiger partial charge in [0, 0.05) is 37.8 Å². The summed E-state index contributed by atoms with van der Waals surface area (Å²) in [5, 5.41) is 13.6. The Hall–Kier alpha value is -0.600. The zero-order valence-corrected chi connectivity index (χ0v) is 15.9. The van der Waals surface area contributed by atoms with E-state index in [1.54, 1.807) is 24.1 Å². The number of aliphatic imine (C=N–C) groups is 1. The first-order chi connectivity index (χ1) is 9.95. The van der Waals surface area contributed by atoms with Crippen LogP contribution in [0, 0.1) is 5.82 Å². The van der Waals surface area contributed by atoms with Crippen molar-refractivity contribution < 1.29 is 9.50 Å². The van der Waals surface area contributed by atoms with Gasteiger partial charge >= 0.3 is 0 Å². The minimum absolute atomic E-state index is 0. The summed E-state index contributed by atoms with van der Waals surface area (Å²) in [5.41, 5.74) is -0.196. The zero-order chi connectivity index (χ0) is 15.5. The summed E-state index contributed by atoms with van der Waals surface area (Å²) in [7, 11) is 3.47. The highest BCUT2D eigenvalue weighted by atomic mass is 127. The highest BCUT2D eigenvalue weighted by Gasteiger charge is 2.34. The van der Waals surface area contributed by atoms with Crippen molar-refractivity contribution in [3.63, 3.8) is 0 Å². The third kappa shape index (κ3) is 4.70. The third-order valence-electron chi connectivity index (χ3n) is 3.89. The Bertz CT molecular complexity index is 517. The average Bonchev–Trinajstić information content (AvgIpc) is 2.41. The molecule has 1 aliphatic rings. The summed E-state index contributed by atoms with van der Waals surface area (Å²) in [6.45, 7) is 0.763. The SMILES string of the molecule is CN=C(NCC1(O)CCC1)N(C)Cc1c(F)cccc1Cl.I. The van der Waals surface area contributed by atoms with Crippen molar-refractivity contribution in [1.29, 1.82) is 0 Å². The van der Waals surface area contributed by atoms with Gasteiger partial charge in [0.25, 0.3) is 0 Å². The van der Waals surface area contributed by atoms with Gasteiger partial charge in [-0.05, 0) is 31.4 Å². The Morgan fingerprint density at radius 3 is 2.68 bits per heavy atom.